The Balaban J connectivity index is 2.27. The lowest BCUT2D eigenvalue weighted by Gasteiger charge is -2.26. The third-order valence-corrected chi connectivity index (χ3v) is 3.61. The van der Waals surface area contributed by atoms with Crippen molar-refractivity contribution in [2.75, 3.05) is 20.6 Å². The molecule has 3 heteroatoms. The third kappa shape index (κ3) is 5.10. The van der Waals surface area contributed by atoms with Gasteiger partial charge in [-0.2, -0.15) is 0 Å². The minimum Gasteiger partial charge on any atom is -0.310 e. The van der Waals surface area contributed by atoms with E-state index < -0.39 is 0 Å². The molecular weight excluding hydrogens is 216 g/mol. The summed E-state index contributed by atoms with van der Waals surface area (Å²) in [5, 5.41) is 5.68. The van der Waals surface area contributed by atoms with E-state index in [1.807, 2.05) is 11.3 Å². The molecule has 1 N–H and O–H groups in total. The Hall–Kier alpha value is -0.380. The first kappa shape index (κ1) is 13.7. The van der Waals surface area contributed by atoms with Gasteiger partial charge in [-0.05, 0) is 37.9 Å². The number of thiophene rings is 1. The minimum atomic E-state index is 0.639. The van der Waals surface area contributed by atoms with Crippen molar-refractivity contribution < 1.29 is 0 Å². The molecule has 0 amide bonds. The predicted octanol–water partition coefficient (Wildman–Crippen LogP) is 2.81. The van der Waals surface area contributed by atoms with Gasteiger partial charge in [-0.15, -0.1) is 11.3 Å². The lowest BCUT2D eigenvalue weighted by molar-refractivity contribution is 0.247. The molecule has 2 nitrogen and oxygen atoms in total. The van der Waals surface area contributed by atoms with Gasteiger partial charge in [-0.25, -0.2) is 0 Å². The van der Waals surface area contributed by atoms with Crippen LogP contribution in [0, 0.1) is 5.92 Å². The van der Waals surface area contributed by atoms with Crippen LogP contribution in [0.5, 0.6) is 0 Å². The maximum atomic E-state index is 3.54. The lowest BCUT2D eigenvalue weighted by atomic mass is 10.0. The third-order valence-electron chi connectivity index (χ3n) is 2.73. The molecule has 1 heterocycles. The van der Waals surface area contributed by atoms with Crippen LogP contribution < -0.4 is 5.32 Å². The first-order valence-corrected chi connectivity index (χ1v) is 6.87. The molecule has 1 rings (SSSR count). The SMILES string of the molecule is CC(C)CC(CNCc1cccs1)N(C)C. The lowest BCUT2D eigenvalue weighted by Crippen LogP contribution is -2.38. The van der Waals surface area contributed by atoms with E-state index in [-0.39, 0.29) is 0 Å². The number of rotatable bonds is 7. The van der Waals surface area contributed by atoms with E-state index in [9.17, 15) is 0 Å². The second-order valence-corrected chi connectivity index (χ2v) is 5.99. The molecule has 0 bridgehead atoms. The van der Waals surface area contributed by atoms with Crippen molar-refractivity contribution in [3.63, 3.8) is 0 Å². The molecule has 0 radical (unpaired) electrons. The van der Waals surface area contributed by atoms with E-state index in [2.05, 4.69) is 55.7 Å². The quantitative estimate of drug-likeness (QED) is 0.788. The molecule has 0 aromatic carbocycles. The summed E-state index contributed by atoms with van der Waals surface area (Å²) in [6.07, 6.45) is 1.25. The maximum Gasteiger partial charge on any atom is 0.0300 e. The number of hydrogen-bond donors (Lipinski definition) is 1. The molecule has 0 fully saturated rings. The molecule has 0 saturated carbocycles. The topological polar surface area (TPSA) is 15.3 Å². The Labute approximate surface area is 104 Å². The molecule has 0 aliphatic carbocycles. The van der Waals surface area contributed by atoms with E-state index in [4.69, 9.17) is 0 Å². The van der Waals surface area contributed by atoms with Crippen molar-refractivity contribution in [2.45, 2.75) is 32.9 Å². The molecule has 0 aliphatic rings. The average molecular weight is 240 g/mol. The Kier molecular flexibility index (Phi) is 6.03. The number of nitrogens with zero attached hydrogens (tertiary/aromatic N) is 1. The van der Waals surface area contributed by atoms with Gasteiger partial charge in [-0.3, -0.25) is 0 Å². The number of likely N-dealkylation sites (N-methyl/N-ethyl adjacent to an activating group) is 1. The molecule has 0 saturated heterocycles. The van der Waals surface area contributed by atoms with Gasteiger partial charge in [0.15, 0.2) is 0 Å². The molecule has 1 aromatic rings. The molecule has 1 aromatic heterocycles. The highest BCUT2D eigenvalue weighted by molar-refractivity contribution is 7.09. The monoisotopic (exact) mass is 240 g/mol. The minimum absolute atomic E-state index is 0.639. The smallest absolute Gasteiger partial charge is 0.0300 e. The zero-order valence-electron chi connectivity index (χ0n) is 10.9. The molecule has 16 heavy (non-hydrogen) atoms. The second kappa shape index (κ2) is 7.05. The second-order valence-electron chi connectivity index (χ2n) is 4.96. The summed E-state index contributed by atoms with van der Waals surface area (Å²) >= 11 is 1.82. The Bertz CT molecular complexity index is 267. The van der Waals surface area contributed by atoms with Crippen LogP contribution in [0.1, 0.15) is 25.1 Å². The van der Waals surface area contributed by atoms with Gasteiger partial charge in [0.2, 0.25) is 0 Å². The summed E-state index contributed by atoms with van der Waals surface area (Å²) in [5.41, 5.74) is 0. The van der Waals surface area contributed by atoms with Crippen LogP contribution in [-0.2, 0) is 6.54 Å². The number of hydrogen-bond acceptors (Lipinski definition) is 3. The fourth-order valence-electron chi connectivity index (χ4n) is 1.80. The standard InChI is InChI=1S/C13H24N2S/c1-11(2)8-12(15(3)4)9-14-10-13-6-5-7-16-13/h5-7,11-12,14H,8-10H2,1-4H3. The Morgan fingerprint density at radius 1 is 1.38 bits per heavy atom. The van der Waals surface area contributed by atoms with E-state index in [0.29, 0.717) is 6.04 Å². The largest absolute Gasteiger partial charge is 0.310 e. The van der Waals surface area contributed by atoms with Gasteiger partial charge in [0, 0.05) is 24.0 Å². The first-order valence-electron chi connectivity index (χ1n) is 5.99. The van der Waals surface area contributed by atoms with Gasteiger partial charge < -0.3 is 10.2 Å². The fourth-order valence-corrected chi connectivity index (χ4v) is 2.47. The van der Waals surface area contributed by atoms with E-state index >= 15 is 0 Å². The van der Waals surface area contributed by atoms with Crippen molar-refractivity contribution in [1.29, 1.82) is 0 Å². The van der Waals surface area contributed by atoms with Crippen LogP contribution in [-0.4, -0.2) is 31.6 Å². The predicted molar refractivity (Wildman–Crippen MR) is 73.0 cm³/mol. The average Bonchev–Trinajstić information content (AvgIpc) is 2.68. The van der Waals surface area contributed by atoms with Gasteiger partial charge in [0.1, 0.15) is 0 Å². The summed E-state index contributed by atoms with van der Waals surface area (Å²) in [6.45, 7) is 6.65. The van der Waals surface area contributed by atoms with Gasteiger partial charge in [0.25, 0.3) is 0 Å². The molecule has 92 valence electrons. The van der Waals surface area contributed by atoms with Crippen LogP contribution in [0.15, 0.2) is 17.5 Å². The van der Waals surface area contributed by atoms with Gasteiger partial charge in [-0.1, -0.05) is 19.9 Å². The van der Waals surface area contributed by atoms with E-state index in [1.54, 1.807) is 0 Å². The van der Waals surface area contributed by atoms with Gasteiger partial charge >= 0.3 is 0 Å². The zero-order chi connectivity index (χ0) is 12.0. The van der Waals surface area contributed by atoms with Gasteiger partial charge in [0.05, 0.1) is 0 Å². The fraction of sp³-hybridized carbons (Fsp3) is 0.692. The van der Waals surface area contributed by atoms with E-state index in [1.165, 1.54) is 11.3 Å². The summed E-state index contributed by atoms with van der Waals surface area (Å²) in [7, 11) is 4.33. The molecule has 0 spiro atoms. The van der Waals surface area contributed by atoms with E-state index in [0.717, 1.165) is 19.0 Å². The van der Waals surface area contributed by atoms with Crippen LogP contribution in [0.2, 0.25) is 0 Å². The summed E-state index contributed by atoms with van der Waals surface area (Å²) < 4.78 is 0. The van der Waals surface area contributed by atoms with Crippen LogP contribution in [0.4, 0.5) is 0 Å². The summed E-state index contributed by atoms with van der Waals surface area (Å²) in [6, 6.07) is 4.93. The number of nitrogens with one attached hydrogen (secondary N) is 1. The highest BCUT2D eigenvalue weighted by Gasteiger charge is 2.12. The highest BCUT2D eigenvalue weighted by Crippen LogP contribution is 2.10. The van der Waals surface area contributed by atoms with Crippen LogP contribution in [0.3, 0.4) is 0 Å². The van der Waals surface area contributed by atoms with Crippen molar-refractivity contribution in [3.8, 4) is 0 Å². The summed E-state index contributed by atoms with van der Waals surface area (Å²) in [4.78, 5) is 3.74. The van der Waals surface area contributed by atoms with Crippen molar-refractivity contribution in [3.05, 3.63) is 22.4 Å². The van der Waals surface area contributed by atoms with Crippen molar-refractivity contribution in [1.82, 2.24) is 10.2 Å². The van der Waals surface area contributed by atoms with Crippen LogP contribution in [0.25, 0.3) is 0 Å². The van der Waals surface area contributed by atoms with Crippen molar-refractivity contribution >= 4 is 11.3 Å². The Morgan fingerprint density at radius 3 is 2.62 bits per heavy atom. The molecule has 0 aliphatic heterocycles. The maximum absolute atomic E-state index is 3.54. The van der Waals surface area contributed by atoms with Crippen LogP contribution >= 0.6 is 11.3 Å². The summed E-state index contributed by atoms with van der Waals surface area (Å²) in [5.74, 6) is 0.760. The normalized spacial score (nSPS) is 13.6. The molecular formula is C13H24N2S. The Morgan fingerprint density at radius 2 is 2.12 bits per heavy atom. The first-order chi connectivity index (χ1) is 7.59. The molecule has 1 unspecified atom stereocenters. The molecule has 1 atom stereocenters. The highest BCUT2D eigenvalue weighted by atomic mass is 32.1. The zero-order valence-corrected chi connectivity index (χ0v) is 11.7. The van der Waals surface area contributed by atoms with Crippen molar-refractivity contribution in [2.24, 2.45) is 5.92 Å².